The quantitative estimate of drug-likeness (QED) is 0.640. The summed E-state index contributed by atoms with van der Waals surface area (Å²) in [4.78, 5) is 2.51. The molecule has 19 heavy (non-hydrogen) atoms. The minimum atomic E-state index is 0.487. The van der Waals surface area contributed by atoms with Crippen LogP contribution in [-0.4, -0.2) is 19.1 Å². The first-order chi connectivity index (χ1) is 9.33. The molecule has 0 aliphatic heterocycles. The zero-order valence-corrected chi connectivity index (χ0v) is 12.6. The number of benzene rings is 1. The highest BCUT2D eigenvalue weighted by molar-refractivity contribution is 5.47. The predicted molar refractivity (Wildman–Crippen MR) is 85.7 cm³/mol. The molecule has 1 unspecified atom stereocenters. The molecule has 1 atom stereocenters. The van der Waals surface area contributed by atoms with Crippen molar-refractivity contribution in [2.45, 2.75) is 58.4 Å². The Bertz CT molecular complexity index is 310. The lowest BCUT2D eigenvalue weighted by atomic mass is 10.1. The van der Waals surface area contributed by atoms with E-state index in [4.69, 9.17) is 5.73 Å². The number of para-hydroxylation sites is 1. The second kappa shape index (κ2) is 9.85. The monoisotopic (exact) mass is 262 g/mol. The van der Waals surface area contributed by atoms with Crippen molar-refractivity contribution in [1.82, 2.24) is 0 Å². The van der Waals surface area contributed by atoms with Crippen LogP contribution < -0.4 is 10.6 Å². The predicted octanol–water partition coefficient (Wildman–Crippen LogP) is 4.20. The molecule has 108 valence electrons. The summed E-state index contributed by atoms with van der Waals surface area (Å²) in [6.07, 6.45) is 7.55. The van der Waals surface area contributed by atoms with E-state index in [0.717, 1.165) is 13.1 Å². The van der Waals surface area contributed by atoms with Crippen LogP contribution in [0.1, 0.15) is 52.4 Å². The third-order valence-electron chi connectivity index (χ3n) is 3.69. The van der Waals surface area contributed by atoms with Crippen LogP contribution in [0, 0.1) is 0 Å². The maximum Gasteiger partial charge on any atom is 0.0412 e. The highest BCUT2D eigenvalue weighted by atomic mass is 15.2. The third-order valence-corrected chi connectivity index (χ3v) is 3.69. The van der Waals surface area contributed by atoms with Gasteiger partial charge in [-0.05, 0) is 25.0 Å². The third kappa shape index (κ3) is 5.65. The topological polar surface area (TPSA) is 29.3 Å². The Balaban J connectivity index is 2.70. The maximum absolute atomic E-state index is 6.02. The number of nitrogens with zero attached hydrogens (tertiary/aromatic N) is 1. The summed E-state index contributed by atoms with van der Waals surface area (Å²) in [6.45, 7) is 6.37. The molecule has 2 nitrogen and oxygen atoms in total. The van der Waals surface area contributed by atoms with Crippen LogP contribution in [0.3, 0.4) is 0 Å². The number of nitrogens with two attached hydrogens (primary N) is 1. The Morgan fingerprint density at radius 1 is 1.00 bits per heavy atom. The number of rotatable bonds is 10. The molecule has 1 aromatic rings. The van der Waals surface area contributed by atoms with Gasteiger partial charge in [-0.25, -0.2) is 0 Å². The van der Waals surface area contributed by atoms with Crippen LogP contribution >= 0.6 is 0 Å². The molecule has 0 radical (unpaired) electrons. The van der Waals surface area contributed by atoms with E-state index in [2.05, 4.69) is 49.1 Å². The van der Waals surface area contributed by atoms with Gasteiger partial charge >= 0.3 is 0 Å². The lowest BCUT2D eigenvalue weighted by molar-refractivity contribution is 0.514. The van der Waals surface area contributed by atoms with Gasteiger partial charge in [0.2, 0.25) is 0 Å². The number of hydrogen-bond donors (Lipinski definition) is 1. The first kappa shape index (κ1) is 16.0. The number of anilines is 1. The van der Waals surface area contributed by atoms with Crippen molar-refractivity contribution in [2.75, 3.05) is 18.0 Å². The Morgan fingerprint density at radius 3 is 2.26 bits per heavy atom. The molecular weight excluding hydrogens is 232 g/mol. The lowest BCUT2D eigenvalue weighted by Crippen LogP contribution is -2.41. The summed E-state index contributed by atoms with van der Waals surface area (Å²) in [5.74, 6) is 0. The summed E-state index contributed by atoms with van der Waals surface area (Å²) in [5, 5.41) is 0. The van der Waals surface area contributed by atoms with Crippen LogP contribution in [0.2, 0.25) is 0 Å². The molecule has 1 aromatic carbocycles. The first-order valence-electron chi connectivity index (χ1n) is 7.85. The second-order valence-electron chi connectivity index (χ2n) is 5.27. The van der Waals surface area contributed by atoms with E-state index in [1.807, 2.05) is 0 Å². The van der Waals surface area contributed by atoms with Crippen molar-refractivity contribution in [3.05, 3.63) is 30.3 Å². The largest absolute Gasteiger partial charge is 0.367 e. The normalized spacial score (nSPS) is 12.4. The van der Waals surface area contributed by atoms with Gasteiger partial charge in [-0.3, -0.25) is 0 Å². The fourth-order valence-electron chi connectivity index (χ4n) is 2.50. The van der Waals surface area contributed by atoms with E-state index in [1.54, 1.807) is 0 Å². The Kier molecular flexibility index (Phi) is 8.31. The summed E-state index contributed by atoms with van der Waals surface area (Å²) < 4.78 is 0. The fourth-order valence-corrected chi connectivity index (χ4v) is 2.50. The van der Waals surface area contributed by atoms with E-state index in [-0.39, 0.29) is 0 Å². The van der Waals surface area contributed by atoms with Crippen LogP contribution in [0.4, 0.5) is 5.69 Å². The Morgan fingerprint density at radius 2 is 1.68 bits per heavy atom. The summed E-state index contributed by atoms with van der Waals surface area (Å²) in [6, 6.07) is 11.2. The van der Waals surface area contributed by atoms with Gasteiger partial charge < -0.3 is 10.6 Å². The molecule has 0 heterocycles. The summed E-state index contributed by atoms with van der Waals surface area (Å²) in [5.41, 5.74) is 7.35. The van der Waals surface area contributed by atoms with Crippen molar-refractivity contribution in [3.8, 4) is 0 Å². The average Bonchev–Trinajstić information content (AvgIpc) is 2.47. The number of hydrogen-bond acceptors (Lipinski definition) is 2. The molecule has 0 aromatic heterocycles. The van der Waals surface area contributed by atoms with E-state index in [1.165, 1.54) is 44.2 Å². The van der Waals surface area contributed by atoms with E-state index >= 15 is 0 Å². The van der Waals surface area contributed by atoms with Gasteiger partial charge in [-0.2, -0.15) is 0 Å². The van der Waals surface area contributed by atoms with Crippen molar-refractivity contribution in [2.24, 2.45) is 5.73 Å². The molecular formula is C17H30N2. The van der Waals surface area contributed by atoms with E-state index in [9.17, 15) is 0 Å². The molecule has 0 amide bonds. The molecule has 2 heteroatoms. The molecule has 0 fully saturated rings. The minimum Gasteiger partial charge on any atom is -0.367 e. The van der Waals surface area contributed by atoms with Crippen molar-refractivity contribution < 1.29 is 0 Å². The molecule has 0 saturated carbocycles. The van der Waals surface area contributed by atoms with E-state index < -0.39 is 0 Å². The molecule has 0 spiro atoms. The molecule has 0 bridgehead atoms. The highest BCUT2D eigenvalue weighted by Crippen LogP contribution is 2.20. The van der Waals surface area contributed by atoms with Crippen LogP contribution in [0.5, 0.6) is 0 Å². The van der Waals surface area contributed by atoms with Gasteiger partial charge in [0.05, 0.1) is 0 Å². The van der Waals surface area contributed by atoms with Crippen LogP contribution in [-0.2, 0) is 0 Å². The van der Waals surface area contributed by atoms with Gasteiger partial charge in [-0.15, -0.1) is 0 Å². The van der Waals surface area contributed by atoms with Crippen molar-refractivity contribution in [1.29, 1.82) is 0 Å². The van der Waals surface area contributed by atoms with Gasteiger partial charge in [0, 0.05) is 24.8 Å². The van der Waals surface area contributed by atoms with Gasteiger partial charge in [0.1, 0.15) is 0 Å². The maximum atomic E-state index is 6.02. The van der Waals surface area contributed by atoms with E-state index in [0.29, 0.717) is 6.04 Å². The zero-order chi connectivity index (χ0) is 13.9. The van der Waals surface area contributed by atoms with Crippen molar-refractivity contribution in [3.63, 3.8) is 0 Å². The second-order valence-corrected chi connectivity index (χ2v) is 5.27. The first-order valence-corrected chi connectivity index (χ1v) is 7.85. The smallest absolute Gasteiger partial charge is 0.0412 e. The zero-order valence-electron chi connectivity index (χ0n) is 12.6. The molecule has 0 aliphatic carbocycles. The summed E-state index contributed by atoms with van der Waals surface area (Å²) in [7, 11) is 0. The average molecular weight is 262 g/mol. The van der Waals surface area contributed by atoms with Gasteiger partial charge in [0.15, 0.2) is 0 Å². The summed E-state index contributed by atoms with van der Waals surface area (Å²) >= 11 is 0. The van der Waals surface area contributed by atoms with Gasteiger partial charge in [-0.1, -0.05) is 57.7 Å². The standard InChI is InChI=1S/C17H30N2/c1-3-5-8-13-17(15-18)19(14-6-4-2)16-11-9-7-10-12-16/h7,9-12,17H,3-6,8,13-15,18H2,1-2H3. The SMILES string of the molecule is CCCCCC(CN)N(CCCC)c1ccccc1. The van der Waals surface area contributed by atoms with Gasteiger partial charge in [0.25, 0.3) is 0 Å². The Hall–Kier alpha value is -1.02. The minimum absolute atomic E-state index is 0.487. The van der Waals surface area contributed by atoms with Crippen LogP contribution in [0.25, 0.3) is 0 Å². The lowest BCUT2D eigenvalue weighted by Gasteiger charge is -2.33. The highest BCUT2D eigenvalue weighted by Gasteiger charge is 2.16. The number of unbranched alkanes of at least 4 members (excludes halogenated alkanes) is 3. The molecule has 2 N–H and O–H groups in total. The van der Waals surface area contributed by atoms with Crippen molar-refractivity contribution >= 4 is 5.69 Å². The van der Waals surface area contributed by atoms with Crippen LogP contribution in [0.15, 0.2) is 30.3 Å². The molecule has 1 rings (SSSR count). The fraction of sp³-hybridized carbons (Fsp3) is 0.647. The molecule has 0 aliphatic rings. The molecule has 0 saturated heterocycles. The Labute approximate surface area is 119 Å².